The monoisotopic (exact) mass is 208 g/mol. The maximum absolute atomic E-state index is 11.6. The highest BCUT2D eigenvalue weighted by molar-refractivity contribution is 5.78. The van der Waals surface area contributed by atoms with Crippen LogP contribution in [0.25, 0.3) is 0 Å². The van der Waals surface area contributed by atoms with Gasteiger partial charge in [0.25, 0.3) is 0 Å². The predicted octanol–water partition coefficient (Wildman–Crippen LogP) is 1.86. The second kappa shape index (κ2) is 3.19. The van der Waals surface area contributed by atoms with Crippen molar-refractivity contribution < 1.29 is 14.3 Å². The molecular formula is C12H16O3. The van der Waals surface area contributed by atoms with Gasteiger partial charge in [0.05, 0.1) is 5.92 Å². The second-order valence-corrected chi connectivity index (χ2v) is 4.97. The lowest BCUT2D eigenvalue weighted by Gasteiger charge is -2.36. The summed E-state index contributed by atoms with van der Waals surface area (Å²) in [7, 11) is 0. The molecule has 2 bridgehead atoms. The average molecular weight is 208 g/mol. The van der Waals surface area contributed by atoms with Gasteiger partial charge in [0.15, 0.2) is 0 Å². The van der Waals surface area contributed by atoms with Crippen LogP contribution in [0.4, 0.5) is 0 Å². The molecule has 15 heavy (non-hydrogen) atoms. The summed E-state index contributed by atoms with van der Waals surface area (Å²) in [6, 6.07) is 0. The molecule has 0 unspecified atom stereocenters. The molecular weight excluding hydrogens is 192 g/mol. The lowest BCUT2D eigenvalue weighted by molar-refractivity contribution is -0.144. The van der Waals surface area contributed by atoms with Crippen molar-refractivity contribution in [1.82, 2.24) is 0 Å². The smallest absolute Gasteiger partial charge is 0.310 e. The Balaban J connectivity index is 2.47. The fraction of sp³-hybridized carbons (Fsp3) is 0.667. The van der Waals surface area contributed by atoms with Crippen molar-refractivity contribution in [1.29, 1.82) is 0 Å². The van der Waals surface area contributed by atoms with E-state index in [4.69, 9.17) is 4.74 Å². The maximum Gasteiger partial charge on any atom is 0.310 e. The van der Waals surface area contributed by atoms with Crippen LogP contribution in [0.3, 0.4) is 0 Å². The highest BCUT2D eigenvalue weighted by atomic mass is 16.6. The minimum Gasteiger partial charge on any atom is -0.458 e. The first-order chi connectivity index (χ1) is 6.98. The highest BCUT2D eigenvalue weighted by Crippen LogP contribution is 2.50. The molecule has 0 amide bonds. The molecule has 3 heteroatoms. The van der Waals surface area contributed by atoms with E-state index in [1.54, 1.807) is 0 Å². The zero-order chi connectivity index (χ0) is 11.2. The average Bonchev–Trinajstić information content (AvgIpc) is 2.52. The number of esters is 1. The summed E-state index contributed by atoms with van der Waals surface area (Å²) >= 11 is 0. The van der Waals surface area contributed by atoms with Gasteiger partial charge in [-0.15, -0.1) is 0 Å². The second-order valence-electron chi connectivity index (χ2n) is 4.97. The topological polar surface area (TPSA) is 43.4 Å². The molecule has 1 heterocycles. The third-order valence-electron chi connectivity index (χ3n) is 3.89. The fourth-order valence-electron chi connectivity index (χ4n) is 2.86. The van der Waals surface area contributed by atoms with Crippen molar-refractivity contribution in [2.45, 2.75) is 39.7 Å². The number of hydrogen-bond acceptors (Lipinski definition) is 3. The Bertz CT molecular complexity index is 352. The first kappa shape index (κ1) is 10.4. The maximum atomic E-state index is 11.6. The third-order valence-corrected chi connectivity index (χ3v) is 3.89. The van der Waals surface area contributed by atoms with Crippen molar-refractivity contribution in [3.8, 4) is 0 Å². The summed E-state index contributed by atoms with van der Waals surface area (Å²) in [6.07, 6.45) is 2.03. The summed E-state index contributed by atoms with van der Waals surface area (Å²) in [4.78, 5) is 22.3. The molecule has 2 rings (SSSR count). The largest absolute Gasteiger partial charge is 0.458 e. The third kappa shape index (κ3) is 1.33. The predicted molar refractivity (Wildman–Crippen MR) is 55.1 cm³/mol. The molecule has 2 aliphatic rings. The summed E-state index contributed by atoms with van der Waals surface area (Å²) < 4.78 is 5.30. The van der Waals surface area contributed by atoms with E-state index in [1.165, 1.54) is 0 Å². The van der Waals surface area contributed by atoms with Gasteiger partial charge in [0.2, 0.25) is 0 Å². The highest BCUT2D eigenvalue weighted by Gasteiger charge is 2.51. The molecule has 1 aliphatic carbocycles. The van der Waals surface area contributed by atoms with Gasteiger partial charge in [-0.05, 0) is 17.9 Å². The standard InChI is InChI=1S/C12H16O3/c1-7-8(4-5-13)12(2,3)9-6-10(7)15-11(9)14/h5,9-10H,4,6H2,1-3H3/t9-,10-/m0/s1. The molecule has 0 spiro atoms. The van der Waals surface area contributed by atoms with Crippen molar-refractivity contribution >= 4 is 12.3 Å². The lowest BCUT2D eigenvalue weighted by Crippen LogP contribution is -2.33. The Hall–Kier alpha value is -1.12. The molecule has 2 atom stereocenters. The van der Waals surface area contributed by atoms with Gasteiger partial charge in [-0.25, -0.2) is 0 Å². The molecule has 82 valence electrons. The summed E-state index contributed by atoms with van der Waals surface area (Å²) in [5.41, 5.74) is 1.94. The molecule has 1 fully saturated rings. The number of ether oxygens (including phenoxy) is 1. The van der Waals surface area contributed by atoms with Crippen LogP contribution in [0.2, 0.25) is 0 Å². The molecule has 1 saturated heterocycles. The summed E-state index contributed by atoms with van der Waals surface area (Å²) in [6.45, 7) is 6.03. The molecule has 0 N–H and O–H groups in total. The van der Waals surface area contributed by atoms with E-state index in [2.05, 4.69) is 0 Å². The molecule has 1 aliphatic heterocycles. The van der Waals surface area contributed by atoms with Crippen LogP contribution < -0.4 is 0 Å². The van der Waals surface area contributed by atoms with Crippen LogP contribution in [0, 0.1) is 11.3 Å². The van der Waals surface area contributed by atoms with E-state index in [0.717, 1.165) is 23.9 Å². The minimum atomic E-state index is -0.227. The van der Waals surface area contributed by atoms with Crippen LogP contribution in [0.1, 0.15) is 33.6 Å². The van der Waals surface area contributed by atoms with Gasteiger partial charge >= 0.3 is 5.97 Å². The zero-order valence-electron chi connectivity index (χ0n) is 9.37. The van der Waals surface area contributed by atoms with Crippen LogP contribution in [-0.2, 0) is 14.3 Å². The molecule has 0 aromatic heterocycles. The van der Waals surface area contributed by atoms with Gasteiger partial charge in [-0.3, -0.25) is 4.79 Å². The zero-order valence-corrected chi connectivity index (χ0v) is 9.37. The van der Waals surface area contributed by atoms with Crippen molar-refractivity contribution in [3.63, 3.8) is 0 Å². The number of carbonyl (C=O) groups is 2. The van der Waals surface area contributed by atoms with E-state index >= 15 is 0 Å². The number of fused-ring (bicyclic) bond motifs is 2. The SMILES string of the molecule is CC1=C(CC=O)C(C)(C)[C@H]2C[C@@H]1OC2=O. The Morgan fingerprint density at radius 2 is 2.20 bits per heavy atom. The van der Waals surface area contributed by atoms with Gasteiger partial charge < -0.3 is 9.53 Å². The lowest BCUT2D eigenvalue weighted by atomic mass is 9.65. The molecule has 3 nitrogen and oxygen atoms in total. The van der Waals surface area contributed by atoms with Gasteiger partial charge in [-0.1, -0.05) is 19.4 Å². The number of carbonyl (C=O) groups excluding carboxylic acids is 2. The van der Waals surface area contributed by atoms with Gasteiger partial charge in [0, 0.05) is 12.8 Å². The van der Waals surface area contributed by atoms with E-state index in [1.807, 2.05) is 20.8 Å². The van der Waals surface area contributed by atoms with Crippen molar-refractivity contribution in [3.05, 3.63) is 11.1 Å². The van der Waals surface area contributed by atoms with Gasteiger partial charge in [0.1, 0.15) is 12.4 Å². The molecule has 0 radical (unpaired) electrons. The molecule has 0 aromatic rings. The Morgan fingerprint density at radius 3 is 2.80 bits per heavy atom. The normalized spacial score (nSPS) is 32.9. The summed E-state index contributed by atoms with van der Waals surface area (Å²) in [5, 5.41) is 0. The fourth-order valence-corrected chi connectivity index (χ4v) is 2.86. The first-order valence-corrected chi connectivity index (χ1v) is 5.32. The van der Waals surface area contributed by atoms with Crippen LogP contribution in [0.15, 0.2) is 11.1 Å². The van der Waals surface area contributed by atoms with Crippen molar-refractivity contribution in [2.75, 3.05) is 0 Å². The van der Waals surface area contributed by atoms with Crippen LogP contribution >= 0.6 is 0 Å². The van der Waals surface area contributed by atoms with Crippen molar-refractivity contribution in [2.24, 2.45) is 11.3 Å². The minimum absolute atomic E-state index is 0.0684. The summed E-state index contributed by atoms with van der Waals surface area (Å²) in [5.74, 6) is -0.175. The Kier molecular flexibility index (Phi) is 2.21. The quantitative estimate of drug-likeness (QED) is 0.395. The Morgan fingerprint density at radius 1 is 1.53 bits per heavy atom. The first-order valence-electron chi connectivity index (χ1n) is 5.32. The number of allylic oxidation sites excluding steroid dienone is 1. The molecule has 0 aromatic carbocycles. The van der Waals surface area contributed by atoms with E-state index < -0.39 is 0 Å². The number of rotatable bonds is 2. The molecule has 0 saturated carbocycles. The number of aldehydes is 1. The Labute approximate surface area is 89.5 Å². The van der Waals surface area contributed by atoms with E-state index in [9.17, 15) is 9.59 Å². The number of hydrogen-bond donors (Lipinski definition) is 0. The van der Waals surface area contributed by atoms with E-state index in [0.29, 0.717) is 6.42 Å². The van der Waals surface area contributed by atoms with E-state index in [-0.39, 0.29) is 23.4 Å². The van der Waals surface area contributed by atoms with Gasteiger partial charge in [-0.2, -0.15) is 0 Å². The van der Waals surface area contributed by atoms with Crippen LogP contribution in [-0.4, -0.2) is 18.4 Å². The van der Waals surface area contributed by atoms with Crippen LogP contribution in [0.5, 0.6) is 0 Å².